The highest BCUT2D eigenvalue weighted by Crippen LogP contribution is 2.53. The molecule has 1 saturated carbocycles. The van der Waals surface area contributed by atoms with Crippen LogP contribution in [0.2, 0.25) is 0 Å². The van der Waals surface area contributed by atoms with Crippen LogP contribution in [-0.4, -0.2) is 74.8 Å². The molecule has 1 aromatic rings. The second kappa shape index (κ2) is 9.06. The van der Waals surface area contributed by atoms with Gasteiger partial charge in [0.15, 0.2) is 17.2 Å². The molecule has 0 bridgehead atoms. The largest absolute Gasteiger partial charge is 0.508 e. The van der Waals surface area contributed by atoms with Gasteiger partial charge in [-0.1, -0.05) is 20.8 Å². The third kappa shape index (κ3) is 4.03. The number of aromatic hydroxyl groups is 1. The Labute approximate surface area is 220 Å². The highest BCUT2D eigenvalue weighted by molar-refractivity contribution is 6.22. The monoisotopic (exact) mass is 526 g/mol. The third-order valence-corrected chi connectivity index (χ3v) is 7.96. The summed E-state index contributed by atoms with van der Waals surface area (Å²) in [6.45, 7) is 6.00. The minimum absolute atomic E-state index is 0.00995. The lowest BCUT2D eigenvalue weighted by Gasteiger charge is -2.46. The highest BCUT2D eigenvalue weighted by atomic mass is 16.3. The van der Waals surface area contributed by atoms with Crippen molar-refractivity contribution in [2.75, 3.05) is 20.6 Å². The lowest BCUT2D eigenvalue weighted by Crippen LogP contribution is -2.58. The zero-order valence-electron chi connectivity index (χ0n) is 22.2. The van der Waals surface area contributed by atoms with Crippen LogP contribution in [0.5, 0.6) is 5.75 Å². The van der Waals surface area contributed by atoms with E-state index in [1.807, 2.05) is 39.8 Å². The van der Waals surface area contributed by atoms with Gasteiger partial charge in [-0.15, -0.1) is 0 Å². The van der Waals surface area contributed by atoms with Crippen molar-refractivity contribution >= 4 is 29.0 Å². The van der Waals surface area contributed by atoms with E-state index in [0.29, 0.717) is 23.2 Å². The highest BCUT2D eigenvalue weighted by Gasteiger charge is 2.60. The second-order valence-electron chi connectivity index (χ2n) is 11.8. The number of ketones is 3. The number of carbonyl (C=O) groups is 4. The van der Waals surface area contributed by atoms with Gasteiger partial charge in [-0.3, -0.25) is 19.2 Å². The normalized spacial score (nSPS) is 25.3. The number of phenols is 1. The number of benzene rings is 1. The van der Waals surface area contributed by atoms with Crippen LogP contribution in [0.1, 0.15) is 67.1 Å². The molecule has 204 valence electrons. The molecule has 0 aliphatic heterocycles. The van der Waals surface area contributed by atoms with Crippen molar-refractivity contribution in [3.63, 3.8) is 0 Å². The zero-order valence-corrected chi connectivity index (χ0v) is 22.2. The molecule has 1 fully saturated rings. The molecule has 10 nitrogen and oxygen atoms in total. The van der Waals surface area contributed by atoms with E-state index in [-0.39, 0.29) is 41.9 Å². The smallest absolute Gasteiger partial charge is 0.255 e. The molecule has 0 radical (unpaired) electrons. The van der Waals surface area contributed by atoms with E-state index in [1.165, 1.54) is 0 Å². The molecule has 10 heteroatoms. The van der Waals surface area contributed by atoms with E-state index in [9.17, 15) is 39.6 Å². The van der Waals surface area contributed by atoms with Crippen LogP contribution in [0.15, 0.2) is 23.0 Å². The van der Waals surface area contributed by atoms with Gasteiger partial charge in [0.25, 0.3) is 5.91 Å². The first-order chi connectivity index (χ1) is 17.5. The molecule has 38 heavy (non-hydrogen) atoms. The van der Waals surface area contributed by atoms with Crippen molar-refractivity contribution in [1.82, 2.24) is 4.90 Å². The van der Waals surface area contributed by atoms with Crippen LogP contribution in [0.3, 0.4) is 0 Å². The van der Waals surface area contributed by atoms with Crippen molar-refractivity contribution in [2.24, 2.45) is 17.6 Å². The molecule has 3 aliphatic carbocycles. The fourth-order valence-corrected chi connectivity index (χ4v) is 5.97. The zero-order chi connectivity index (χ0) is 28.5. The van der Waals surface area contributed by atoms with Crippen LogP contribution >= 0.6 is 0 Å². The number of aliphatic hydroxyl groups is 3. The SMILES string of the molecule is CN(C)CCC(=O)c1cc(C(C)(C)C)c(O)c2c1C[C@H]1C[C@H]3CC(=O)C(C(N)=O)=C(O)[C@@]3(O)C(=O)C1=C2O. The van der Waals surface area contributed by atoms with Gasteiger partial charge >= 0.3 is 0 Å². The average Bonchev–Trinajstić information content (AvgIpc) is 2.78. The molecule has 1 amide bonds. The topological polar surface area (TPSA) is 178 Å². The quantitative estimate of drug-likeness (QED) is 0.283. The minimum atomic E-state index is -2.63. The van der Waals surface area contributed by atoms with Crippen LogP contribution in [0.4, 0.5) is 0 Å². The van der Waals surface area contributed by atoms with Crippen molar-refractivity contribution in [2.45, 2.75) is 57.5 Å². The number of hydrogen-bond acceptors (Lipinski definition) is 9. The lowest BCUT2D eigenvalue weighted by molar-refractivity contribution is -0.147. The minimum Gasteiger partial charge on any atom is -0.508 e. The standard InChI is InChI=1S/C28H34N2O8/c1-27(2,3)16-11-14(17(31)6-7-30(4)5)15-9-12-8-13-10-18(32)21(26(29)37)25(36)28(13,38)24(35)19(12)23(34)20(15)22(16)33/h11-13,33-34,36,38H,6-10H2,1-5H3,(H2,29,37)/t12-,13+,28+/m1/s1. The number of nitrogens with two attached hydrogens (primary N) is 1. The predicted octanol–water partition coefficient (Wildman–Crippen LogP) is 1.86. The maximum atomic E-state index is 13.7. The number of phenolic OH excluding ortho intramolecular Hbond substituents is 1. The summed E-state index contributed by atoms with van der Waals surface area (Å²) in [4.78, 5) is 53.3. The van der Waals surface area contributed by atoms with Gasteiger partial charge in [-0.05, 0) is 49.9 Å². The number of carbonyl (C=O) groups excluding carboxylic acids is 4. The van der Waals surface area contributed by atoms with Crippen molar-refractivity contribution in [3.8, 4) is 5.75 Å². The summed E-state index contributed by atoms with van der Waals surface area (Å²) in [5, 5.41) is 44.9. The fourth-order valence-electron chi connectivity index (χ4n) is 5.97. The van der Waals surface area contributed by atoms with E-state index < -0.39 is 63.8 Å². The van der Waals surface area contributed by atoms with E-state index in [4.69, 9.17) is 5.73 Å². The van der Waals surface area contributed by atoms with E-state index in [1.54, 1.807) is 6.07 Å². The van der Waals surface area contributed by atoms with Crippen molar-refractivity contribution < 1.29 is 39.6 Å². The molecule has 3 atom stereocenters. The Kier molecular flexibility index (Phi) is 6.56. The molecular formula is C28H34N2O8. The summed E-state index contributed by atoms with van der Waals surface area (Å²) >= 11 is 0. The van der Waals surface area contributed by atoms with Crippen LogP contribution < -0.4 is 5.73 Å². The Morgan fingerprint density at radius 1 is 1.13 bits per heavy atom. The van der Waals surface area contributed by atoms with Gasteiger partial charge in [-0.2, -0.15) is 0 Å². The van der Waals surface area contributed by atoms with Gasteiger partial charge in [0.2, 0.25) is 5.78 Å². The number of primary amides is 1. The first kappa shape index (κ1) is 27.5. The lowest BCUT2D eigenvalue weighted by atomic mass is 9.59. The third-order valence-electron chi connectivity index (χ3n) is 7.96. The average molecular weight is 527 g/mol. The number of aliphatic hydroxyl groups excluding tert-OH is 2. The number of fused-ring (bicyclic) bond motifs is 3. The van der Waals surface area contributed by atoms with Crippen LogP contribution in [0.25, 0.3) is 5.76 Å². The first-order valence-electron chi connectivity index (χ1n) is 12.6. The van der Waals surface area contributed by atoms with Gasteiger partial charge in [0, 0.05) is 42.0 Å². The fraction of sp³-hybridized carbons (Fsp3) is 0.500. The number of hydrogen-bond donors (Lipinski definition) is 5. The van der Waals surface area contributed by atoms with E-state index >= 15 is 0 Å². The maximum absolute atomic E-state index is 13.7. The van der Waals surface area contributed by atoms with Crippen molar-refractivity contribution in [3.05, 3.63) is 45.2 Å². The first-order valence-corrected chi connectivity index (χ1v) is 12.6. The molecular weight excluding hydrogens is 492 g/mol. The number of nitrogens with zero attached hydrogens (tertiary/aromatic N) is 1. The van der Waals surface area contributed by atoms with Gasteiger partial charge < -0.3 is 31.1 Å². The van der Waals surface area contributed by atoms with Gasteiger partial charge in [-0.25, -0.2) is 0 Å². The Hall–Kier alpha value is -3.50. The second-order valence-corrected chi connectivity index (χ2v) is 11.8. The molecule has 4 rings (SSSR count). The van der Waals surface area contributed by atoms with Gasteiger partial charge in [0.1, 0.15) is 22.8 Å². The van der Waals surface area contributed by atoms with E-state index in [2.05, 4.69) is 0 Å². The number of Topliss-reactive ketones (excluding diaryl/α,β-unsaturated/α-hetero) is 3. The number of rotatable bonds is 5. The molecule has 3 aliphatic rings. The summed E-state index contributed by atoms with van der Waals surface area (Å²) in [5.41, 5.74) is 1.99. The predicted molar refractivity (Wildman–Crippen MR) is 138 cm³/mol. The van der Waals surface area contributed by atoms with Crippen molar-refractivity contribution in [1.29, 1.82) is 0 Å². The van der Waals surface area contributed by atoms with Gasteiger partial charge in [0.05, 0.1) is 5.56 Å². The van der Waals surface area contributed by atoms with Crippen LogP contribution in [0, 0.1) is 11.8 Å². The van der Waals surface area contributed by atoms with E-state index in [0.717, 1.165) is 0 Å². The molecule has 6 N–H and O–H groups in total. The molecule has 0 heterocycles. The maximum Gasteiger partial charge on any atom is 0.255 e. The summed E-state index contributed by atoms with van der Waals surface area (Å²) in [7, 11) is 3.68. The Bertz CT molecular complexity index is 1350. The number of amides is 1. The summed E-state index contributed by atoms with van der Waals surface area (Å²) in [6.07, 6.45) is -0.101. The molecule has 0 spiro atoms. The Balaban J connectivity index is 1.96. The van der Waals surface area contributed by atoms with Crippen LogP contribution in [-0.2, 0) is 26.2 Å². The Morgan fingerprint density at radius 3 is 2.32 bits per heavy atom. The molecule has 0 aromatic heterocycles. The summed E-state index contributed by atoms with van der Waals surface area (Å²) < 4.78 is 0. The molecule has 0 unspecified atom stereocenters. The Morgan fingerprint density at radius 2 is 1.76 bits per heavy atom. The summed E-state index contributed by atoms with van der Waals surface area (Å²) in [5.74, 6) is -7.05. The summed E-state index contributed by atoms with van der Waals surface area (Å²) in [6, 6.07) is 1.64. The molecule has 0 saturated heterocycles. The molecule has 1 aromatic carbocycles.